The second-order valence-electron chi connectivity index (χ2n) is 4.49. The molecule has 5 heteroatoms. The third-order valence-electron chi connectivity index (χ3n) is 3.04. The number of nitrogens with zero attached hydrogens (tertiary/aromatic N) is 2. The SMILES string of the molecule is Cc1cc(C(=N)N)cc(N2CCC(O)CC2)n1. The summed E-state index contributed by atoms with van der Waals surface area (Å²) in [6.07, 6.45) is 1.35. The van der Waals surface area contributed by atoms with Crippen LogP contribution < -0.4 is 10.6 Å². The van der Waals surface area contributed by atoms with Gasteiger partial charge in [0, 0.05) is 24.3 Å². The average Bonchev–Trinajstić information content (AvgIpc) is 2.29. The molecule has 0 radical (unpaired) electrons. The second kappa shape index (κ2) is 4.71. The van der Waals surface area contributed by atoms with Crippen LogP contribution in [-0.4, -0.2) is 35.1 Å². The molecular weight excluding hydrogens is 216 g/mol. The minimum absolute atomic E-state index is 0.0637. The van der Waals surface area contributed by atoms with Crippen LogP contribution in [0.15, 0.2) is 12.1 Å². The van der Waals surface area contributed by atoms with Crippen molar-refractivity contribution in [2.75, 3.05) is 18.0 Å². The number of piperidine rings is 1. The van der Waals surface area contributed by atoms with Gasteiger partial charge in [0.15, 0.2) is 0 Å². The highest BCUT2D eigenvalue weighted by atomic mass is 16.3. The van der Waals surface area contributed by atoms with Gasteiger partial charge in [-0.1, -0.05) is 0 Å². The molecule has 1 saturated heterocycles. The van der Waals surface area contributed by atoms with Crippen molar-refractivity contribution in [2.24, 2.45) is 5.73 Å². The first-order chi connectivity index (χ1) is 8.06. The lowest BCUT2D eigenvalue weighted by molar-refractivity contribution is 0.145. The monoisotopic (exact) mass is 234 g/mol. The molecule has 0 spiro atoms. The number of anilines is 1. The van der Waals surface area contributed by atoms with Crippen LogP contribution in [0.5, 0.6) is 0 Å². The number of rotatable bonds is 2. The van der Waals surface area contributed by atoms with E-state index in [9.17, 15) is 5.11 Å². The fourth-order valence-electron chi connectivity index (χ4n) is 2.06. The smallest absolute Gasteiger partial charge is 0.129 e. The summed E-state index contributed by atoms with van der Waals surface area (Å²) in [5, 5.41) is 16.9. The van der Waals surface area contributed by atoms with Crippen molar-refractivity contribution in [3.63, 3.8) is 0 Å². The Bertz CT molecular complexity index is 425. The predicted molar refractivity (Wildman–Crippen MR) is 67.4 cm³/mol. The molecule has 0 aliphatic carbocycles. The number of aromatic nitrogens is 1. The van der Waals surface area contributed by atoms with E-state index in [-0.39, 0.29) is 11.9 Å². The van der Waals surface area contributed by atoms with Crippen LogP contribution >= 0.6 is 0 Å². The van der Waals surface area contributed by atoms with Crippen molar-refractivity contribution in [3.05, 3.63) is 23.4 Å². The molecule has 2 rings (SSSR count). The minimum Gasteiger partial charge on any atom is -0.393 e. The first-order valence-electron chi connectivity index (χ1n) is 5.82. The van der Waals surface area contributed by atoms with Gasteiger partial charge >= 0.3 is 0 Å². The third-order valence-corrected chi connectivity index (χ3v) is 3.04. The molecular formula is C12H18N4O. The maximum Gasteiger partial charge on any atom is 0.129 e. The van der Waals surface area contributed by atoms with Crippen molar-refractivity contribution < 1.29 is 5.11 Å². The Labute approximate surface area is 101 Å². The van der Waals surface area contributed by atoms with Gasteiger partial charge in [0.2, 0.25) is 0 Å². The van der Waals surface area contributed by atoms with Gasteiger partial charge < -0.3 is 15.7 Å². The minimum atomic E-state index is -0.191. The van der Waals surface area contributed by atoms with Gasteiger partial charge in [-0.3, -0.25) is 5.41 Å². The lowest BCUT2D eigenvalue weighted by Crippen LogP contribution is -2.36. The highest BCUT2D eigenvalue weighted by molar-refractivity contribution is 5.95. The van der Waals surface area contributed by atoms with E-state index in [1.807, 2.05) is 19.1 Å². The van der Waals surface area contributed by atoms with Gasteiger partial charge in [0.1, 0.15) is 11.7 Å². The zero-order valence-corrected chi connectivity index (χ0v) is 9.98. The number of pyridine rings is 1. The zero-order valence-electron chi connectivity index (χ0n) is 9.98. The Balaban J connectivity index is 2.23. The van der Waals surface area contributed by atoms with Crippen LogP contribution in [0.4, 0.5) is 5.82 Å². The number of amidine groups is 1. The first kappa shape index (κ1) is 11.9. The van der Waals surface area contributed by atoms with Crippen molar-refractivity contribution in [2.45, 2.75) is 25.9 Å². The van der Waals surface area contributed by atoms with E-state index in [0.717, 1.165) is 37.4 Å². The molecule has 0 bridgehead atoms. The molecule has 0 saturated carbocycles. The lowest BCUT2D eigenvalue weighted by Gasteiger charge is -2.30. The number of nitrogen functional groups attached to an aromatic ring is 1. The Hall–Kier alpha value is -1.62. The summed E-state index contributed by atoms with van der Waals surface area (Å²) in [6.45, 7) is 3.50. The fourth-order valence-corrected chi connectivity index (χ4v) is 2.06. The van der Waals surface area contributed by atoms with Crippen LogP contribution in [0.2, 0.25) is 0 Å². The molecule has 1 fully saturated rings. The van der Waals surface area contributed by atoms with E-state index >= 15 is 0 Å². The summed E-state index contributed by atoms with van der Waals surface area (Å²) in [5.41, 5.74) is 7.07. The van der Waals surface area contributed by atoms with E-state index in [1.54, 1.807) is 0 Å². The van der Waals surface area contributed by atoms with Gasteiger partial charge in [-0.2, -0.15) is 0 Å². The van der Waals surface area contributed by atoms with Crippen molar-refractivity contribution in [3.8, 4) is 0 Å². The maximum atomic E-state index is 9.47. The summed E-state index contributed by atoms with van der Waals surface area (Å²) in [7, 11) is 0. The number of aryl methyl sites for hydroxylation is 1. The largest absolute Gasteiger partial charge is 0.393 e. The maximum absolute atomic E-state index is 9.47. The number of nitrogens with two attached hydrogens (primary N) is 1. The molecule has 0 unspecified atom stereocenters. The highest BCUT2D eigenvalue weighted by Gasteiger charge is 2.18. The van der Waals surface area contributed by atoms with Crippen LogP contribution in [0.25, 0.3) is 0 Å². The molecule has 1 aliphatic rings. The van der Waals surface area contributed by atoms with Crippen molar-refractivity contribution in [1.29, 1.82) is 5.41 Å². The van der Waals surface area contributed by atoms with Crippen LogP contribution in [0, 0.1) is 12.3 Å². The van der Waals surface area contributed by atoms with Gasteiger partial charge in [-0.25, -0.2) is 4.98 Å². The average molecular weight is 234 g/mol. The highest BCUT2D eigenvalue weighted by Crippen LogP contribution is 2.19. The topological polar surface area (TPSA) is 86.2 Å². The molecule has 0 amide bonds. The predicted octanol–water partition coefficient (Wildman–Crippen LogP) is 0.635. The number of aliphatic hydroxyl groups excluding tert-OH is 1. The number of hydrogen-bond acceptors (Lipinski definition) is 4. The normalized spacial score (nSPS) is 17.2. The summed E-state index contributed by atoms with van der Waals surface area (Å²) in [4.78, 5) is 6.59. The molecule has 0 atom stereocenters. The van der Waals surface area contributed by atoms with E-state index < -0.39 is 0 Å². The lowest BCUT2D eigenvalue weighted by atomic mass is 10.1. The van der Waals surface area contributed by atoms with Crippen molar-refractivity contribution >= 4 is 11.7 Å². The number of aliphatic hydroxyl groups is 1. The van der Waals surface area contributed by atoms with Crippen molar-refractivity contribution in [1.82, 2.24) is 4.98 Å². The fraction of sp³-hybridized carbons (Fsp3) is 0.500. The molecule has 2 heterocycles. The van der Waals surface area contributed by atoms with Gasteiger partial charge in [0.25, 0.3) is 0 Å². The van der Waals surface area contributed by atoms with E-state index in [2.05, 4.69) is 9.88 Å². The van der Waals surface area contributed by atoms with E-state index in [0.29, 0.717) is 5.56 Å². The molecule has 1 aliphatic heterocycles. The van der Waals surface area contributed by atoms with Gasteiger partial charge in [0.05, 0.1) is 6.10 Å². The number of hydrogen-bond donors (Lipinski definition) is 3. The quantitative estimate of drug-likeness (QED) is 0.517. The van der Waals surface area contributed by atoms with Gasteiger partial charge in [-0.15, -0.1) is 0 Å². The molecule has 5 nitrogen and oxygen atoms in total. The van der Waals surface area contributed by atoms with E-state index in [4.69, 9.17) is 11.1 Å². The van der Waals surface area contributed by atoms with Crippen LogP contribution in [-0.2, 0) is 0 Å². The molecule has 1 aromatic heterocycles. The Morgan fingerprint density at radius 1 is 1.47 bits per heavy atom. The van der Waals surface area contributed by atoms with Crippen LogP contribution in [0.1, 0.15) is 24.1 Å². The summed E-state index contributed by atoms with van der Waals surface area (Å²) in [6, 6.07) is 3.65. The Morgan fingerprint density at radius 3 is 2.71 bits per heavy atom. The third kappa shape index (κ3) is 2.74. The molecule has 4 N–H and O–H groups in total. The molecule has 92 valence electrons. The number of nitrogens with one attached hydrogen (secondary N) is 1. The molecule has 0 aromatic carbocycles. The Morgan fingerprint density at radius 2 is 2.12 bits per heavy atom. The summed E-state index contributed by atoms with van der Waals surface area (Å²) in [5.74, 6) is 0.913. The first-order valence-corrected chi connectivity index (χ1v) is 5.82. The van der Waals surface area contributed by atoms with Crippen LogP contribution in [0.3, 0.4) is 0 Å². The standard InChI is InChI=1S/C12H18N4O/c1-8-6-9(12(13)14)7-11(15-8)16-4-2-10(17)3-5-16/h6-7,10,17H,2-5H2,1H3,(H3,13,14). The second-order valence-corrected chi connectivity index (χ2v) is 4.49. The Kier molecular flexibility index (Phi) is 3.28. The van der Waals surface area contributed by atoms with Gasteiger partial charge in [-0.05, 0) is 31.9 Å². The van der Waals surface area contributed by atoms with E-state index in [1.165, 1.54) is 0 Å². The molecule has 1 aromatic rings. The summed E-state index contributed by atoms with van der Waals surface area (Å²) < 4.78 is 0. The molecule has 17 heavy (non-hydrogen) atoms. The summed E-state index contributed by atoms with van der Waals surface area (Å²) >= 11 is 0. The zero-order chi connectivity index (χ0) is 12.4.